The highest BCUT2D eigenvalue weighted by Gasteiger charge is 2.28. The third kappa shape index (κ3) is 3.21. The zero-order chi connectivity index (χ0) is 17.3. The first-order valence-corrected chi connectivity index (χ1v) is 8.77. The van der Waals surface area contributed by atoms with Crippen LogP contribution in [0, 0.1) is 18.7 Å². The Morgan fingerprint density at radius 2 is 2.12 bits per heavy atom. The summed E-state index contributed by atoms with van der Waals surface area (Å²) in [6.07, 6.45) is 0.620. The van der Waals surface area contributed by atoms with Crippen LogP contribution < -0.4 is 10.9 Å². The van der Waals surface area contributed by atoms with Gasteiger partial charge in [-0.3, -0.25) is 14.2 Å². The van der Waals surface area contributed by atoms with Gasteiger partial charge >= 0.3 is 0 Å². The molecule has 24 heavy (non-hydrogen) atoms. The highest BCUT2D eigenvalue weighted by Crippen LogP contribution is 2.26. The molecule has 1 aliphatic heterocycles. The molecule has 0 aliphatic carbocycles. The van der Waals surface area contributed by atoms with Gasteiger partial charge in [-0.1, -0.05) is 18.7 Å². The van der Waals surface area contributed by atoms with Gasteiger partial charge in [0.2, 0.25) is 5.91 Å². The summed E-state index contributed by atoms with van der Waals surface area (Å²) >= 11 is 1.42. The number of fused-ring (bicyclic) bond motifs is 1. The van der Waals surface area contributed by atoms with Crippen molar-refractivity contribution in [1.82, 2.24) is 9.55 Å². The fourth-order valence-electron chi connectivity index (χ4n) is 2.74. The summed E-state index contributed by atoms with van der Waals surface area (Å²) < 4.78 is 14.5. The molecule has 0 saturated heterocycles. The molecule has 0 radical (unpaired) electrons. The van der Waals surface area contributed by atoms with Crippen LogP contribution >= 0.6 is 11.8 Å². The molecule has 5 nitrogen and oxygen atoms in total. The number of hydrogen-bond donors (Lipinski definition) is 1. The molecule has 1 aromatic carbocycles. The number of rotatable bonds is 3. The van der Waals surface area contributed by atoms with E-state index in [0.717, 1.165) is 5.69 Å². The fourth-order valence-corrected chi connectivity index (χ4v) is 3.86. The first-order valence-electron chi connectivity index (χ1n) is 7.79. The predicted molar refractivity (Wildman–Crippen MR) is 91.9 cm³/mol. The molecular formula is C17H18FN3O2S. The Morgan fingerprint density at radius 3 is 2.79 bits per heavy atom. The van der Waals surface area contributed by atoms with Crippen molar-refractivity contribution in [3.8, 4) is 0 Å². The van der Waals surface area contributed by atoms with Gasteiger partial charge in [0.1, 0.15) is 5.82 Å². The van der Waals surface area contributed by atoms with E-state index in [1.165, 1.54) is 36.0 Å². The van der Waals surface area contributed by atoms with Crippen molar-refractivity contribution >= 4 is 23.4 Å². The van der Waals surface area contributed by atoms with E-state index in [2.05, 4.69) is 10.3 Å². The summed E-state index contributed by atoms with van der Waals surface area (Å²) in [5.41, 5.74) is 1.93. The van der Waals surface area contributed by atoms with Crippen molar-refractivity contribution in [2.75, 3.05) is 11.1 Å². The third-order valence-corrected chi connectivity index (χ3v) is 5.23. The molecule has 7 heteroatoms. The van der Waals surface area contributed by atoms with E-state index < -0.39 is 0 Å². The van der Waals surface area contributed by atoms with E-state index in [1.54, 1.807) is 4.57 Å². The van der Waals surface area contributed by atoms with Crippen LogP contribution in [0.1, 0.15) is 18.2 Å². The van der Waals surface area contributed by atoms with Crippen LogP contribution in [0.5, 0.6) is 0 Å². The summed E-state index contributed by atoms with van der Waals surface area (Å²) in [6, 6.07) is 5.63. The number of anilines is 1. The molecule has 0 bridgehead atoms. The number of nitrogens with one attached hydrogen (secondary N) is 1. The van der Waals surface area contributed by atoms with E-state index in [9.17, 15) is 14.0 Å². The molecule has 2 aromatic rings. The topological polar surface area (TPSA) is 64.0 Å². The molecular weight excluding hydrogens is 329 g/mol. The Bertz CT molecular complexity index is 833. The van der Waals surface area contributed by atoms with E-state index >= 15 is 0 Å². The number of nitrogens with zero attached hydrogens (tertiary/aromatic N) is 2. The van der Waals surface area contributed by atoms with Crippen molar-refractivity contribution in [3.63, 3.8) is 0 Å². The minimum atomic E-state index is -0.352. The Balaban J connectivity index is 1.80. The van der Waals surface area contributed by atoms with Crippen molar-refractivity contribution in [2.24, 2.45) is 5.92 Å². The third-order valence-electron chi connectivity index (χ3n) is 4.09. The molecule has 1 atom stereocenters. The largest absolute Gasteiger partial charge is 0.326 e. The first-order chi connectivity index (χ1) is 11.5. The minimum absolute atomic E-state index is 0.0632. The number of amides is 1. The number of benzene rings is 1. The minimum Gasteiger partial charge on any atom is -0.326 e. The van der Waals surface area contributed by atoms with E-state index in [1.807, 2.05) is 13.8 Å². The Labute approximate surface area is 143 Å². The standard InChI is InChI=1S/C17H18FN3O2S/c1-3-14-10(2)19-17-21(16(14)23)8-11(9-24-17)15(22)20-13-6-4-12(18)5-7-13/h4-7,11H,3,8-9H2,1-2H3,(H,20,22). The Morgan fingerprint density at radius 1 is 1.42 bits per heavy atom. The van der Waals surface area contributed by atoms with Crippen molar-refractivity contribution in [3.05, 3.63) is 51.7 Å². The molecule has 1 aliphatic rings. The number of aryl methyl sites for hydroxylation is 1. The second kappa shape index (κ2) is 6.76. The number of carbonyl (C=O) groups is 1. The number of thioether (sulfide) groups is 1. The van der Waals surface area contributed by atoms with Gasteiger partial charge in [-0.15, -0.1) is 0 Å². The highest BCUT2D eigenvalue weighted by molar-refractivity contribution is 7.99. The van der Waals surface area contributed by atoms with E-state index in [-0.39, 0.29) is 23.2 Å². The number of hydrogen-bond acceptors (Lipinski definition) is 4. The maximum Gasteiger partial charge on any atom is 0.257 e. The van der Waals surface area contributed by atoms with E-state index in [4.69, 9.17) is 0 Å². The van der Waals surface area contributed by atoms with Gasteiger partial charge in [-0.25, -0.2) is 9.37 Å². The average molecular weight is 347 g/mol. The molecule has 126 valence electrons. The smallest absolute Gasteiger partial charge is 0.257 e. The van der Waals surface area contributed by atoms with Gasteiger partial charge in [-0.05, 0) is 37.6 Å². The van der Waals surface area contributed by atoms with Crippen LogP contribution in [-0.2, 0) is 17.8 Å². The monoisotopic (exact) mass is 347 g/mol. The van der Waals surface area contributed by atoms with Gasteiger partial charge in [0.15, 0.2) is 5.16 Å². The van der Waals surface area contributed by atoms with Crippen LogP contribution in [0.3, 0.4) is 0 Å². The van der Waals surface area contributed by atoms with Crippen LogP contribution in [0.15, 0.2) is 34.2 Å². The predicted octanol–water partition coefficient (Wildman–Crippen LogP) is 2.61. The lowest BCUT2D eigenvalue weighted by atomic mass is 10.1. The molecule has 3 rings (SSSR count). The summed E-state index contributed by atoms with van der Waals surface area (Å²) in [6.45, 7) is 4.08. The summed E-state index contributed by atoms with van der Waals surface area (Å²) in [4.78, 5) is 29.5. The lowest BCUT2D eigenvalue weighted by Crippen LogP contribution is -2.38. The number of halogens is 1. The fraction of sp³-hybridized carbons (Fsp3) is 0.353. The molecule has 0 fully saturated rings. The SMILES string of the molecule is CCc1c(C)nc2n(c1=O)CC(C(=O)Nc1ccc(F)cc1)CS2. The number of aromatic nitrogens is 2. The quantitative estimate of drug-likeness (QED) is 0.867. The molecule has 1 aromatic heterocycles. The highest BCUT2D eigenvalue weighted by atomic mass is 32.2. The van der Waals surface area contributed by atoms with Crippen LogP contribution in [0.4, 0.5) is 10.1 Å². The molecule has 2 heterocycles. The number of carbonyl (C=O) groups excluding carboxylic acids is 1. The van der Waals surface area contributed by atoms with E-state index in [0.29, 0.717) is 35.1 Å². The van der Waals surface area contributed by atoms with Crippen molar-refractivity contribution in [2.45, 2.75) is 32.0 Å². The molecule has 0 saturated carbocycles. The van der Waals surface area contributed by atoms with Crippen LogP contribution in [0.2, 0.25) is 0 Å². The molecule has 1 amide bonds. The van der Waals surface area contributed by atoms with Gasteiger partial charge in [0, 0.05) is 29.2 Å². The lowest BCUT2D eigenvalue weighted by Gasteiger charge is -2.25. The summed E-state index contributed by atoms with van der Waals surface area (Å²) in [7, 11) is 0. The van der Waals surface area contributed by atoms with Gasteiger partial charge < -0.3 is 5.32 Å². The molecule has 1 N–H and O–H groups in total. The first kappa shape index (κ1) is 16.7. The molecule has 1 unspecified atom stereocenters. The maximum atomic E-state index is 12.9. The van der Waals surface area contributed by atoms with Crippen LogP contribution in [-0.4, -0.2) is 21.2 Å². The maximum absolute atomic E-state index is 12.9. The average Bonchev–Trinajstić information content (AvgIpc) is 2.57. The molecule has 0 spiro atoms. The normalized spacial score (nSPS) is 16.5. The zero-order valence-corrected chi connectivity index (χ0v) is 14.3. The Hall–Kier alpha value is -2.15. The summed E-state index contributed by atoms with van der Waals surface area (Å²) in [5.74, 6) is -0.301. The Kier molecular flexibility index (Phi) is 4.71. The lowest BCUT2D eigenvalue weighted by molar-refractivity contribution is -0.119. The summed E-state index contributed by atoms with van der Waals surface area (Å²) in [5, 5.41) is 3.44. The van der Waals surface area contributed by atoms with Gasteiger partial charge in [-0.2, -0.15) is 0 Å². The zero-order valence-electron chi connectivity index (χ0n) is 13.5. The second-order valence-corrected chi connectivity index (χ2v) is 6.72. The second-order valence-electron chi connectivity index (χ2n) is 5.73. The van der Waals surface area contributed by atoms with Gasteiger partial charge in [0.25, 0.3) is 5.56 Å². The van der Waals surface area contributed by atoms with Gasteiger partial charge in [0.05, 0.1) is 5.92 Å². The van der Waals surface area contributed by atoms with Crippen molar-refractivity contribution in [1.29, 1.82) is 0 Å². The van der Waals surface area contributed by atoms with Crippen LogP contribution in [0.25, 0.3) is 0 Å². The van der Waals surface area contributed by atoms with Crippen molar-refractivity contribution < 1.29 is 9.18 Å².